The number of aliphatic hydroxyl groups excluding tert-OH is 1. The molecule has 0 spiro atoms. The number of aliphatic carboxylic acids is 1. The van der Waals surface area contributed by atoms with Crippen molar-refractivity contribution in [2.24, 2.45) is 17.8 Å². The molecular weight excluding hydrogens is 1280 g/mol. The molecule has 0 aliphatic rings. The van der Waals surface area contributed by atoms with E-state index in [1.807, 2.05) is 77.1 Å². The number of carbonyl (C=O) groups excluding carboxylic acids is 6. The molecule has 1 unspecified atom stereocenters. The van der Waals surface area contributed by atoms with E-state index in [-0.39, 0.29) is 70.8 Å². The number of aryl methyl sites for hydroxylation is 6. The fraction of sp³-hybridized carbons (Fsp3) is 0.409. The van der Waals surface area contributed by atoms with Gasteiger partial charge in [-0.2, -0.15) is 44.7 Å². The largest absolute Gasteiger partial charge is 2.00 e. The van der Waals surface area contributed by atoms with Crippen molar-refractivity contribution >= 4 is 121 Å². The minimum Gasteiger partial charge on any atom is -0.525 e. The van der Waals surface area contributed by atoms with Crippen molar-refractivity contribution in [1.29, 1.82) is 0 Å². The van der Waals surface area contributed by atoms with Gasteiger partial charge < -0.3 is 21.9 Å². The van der Waals surface area contributed by atoms with Gasteiger partial charge in [-0.1, -0.05) is 92.6 Å². The first kappa shape index (κ1) is 76.6. The molecule has 4 heterocycles. The second-order valence-corrected chi connectivity index (χ2v) is 24.0. The smallest absolute Gasteiger partial charge is 0.525 e. The third-order valence-corrected chi connectivity index (χ3v) is 16.6. The Balaban J connectivity index is 0.00000102. The van der Waals surface area contributed by atoms with Crippen LogP contribution in [0.25, 0.3) is 40.3 Å². The molecule has 4 aromatic carbocycles. The molecule has 4 aromatic heterocycles. The second kappa shape index (κ2) is 39.2. The molecular formula is C66H83FO10S4W. The third-order valence-electron chi connectivity index (χ3n) is 12.1. The number of fused-ring (bicyclic) bond motifs is 4. The van der Waals surface area contributed by atoms with E-state index < -0.39 is 11.9 Å². The number of carboxylic acid groups (broad SMARTS) is 1. The summed E-state index contributed by atoms with van der Waals surface area (Å²) < 4.78 is 19.6. The molecule has 0 amide bonds. The van der Waals surface area contributed by atoms with Crippen molar-refractivity contribution in [3.8, 4) is 5.75 Å². The average molecular weight is 1370 g/mol. The zero-order valence-electron chi connectivity index (χ0n) is 49.3. The van der Waals surface area contributed by atoms with Crippen molar-refractivity contribution < 1.29 is 74.0 Å². The van der Waals surface area contributed by atoms with Gasteiger partial charge in [0.1, 0.15) is 5.75 Å². The summed E-state index contributed by atoms with van der Waals surface area (Å²) in [5.74, 6) is 0.743. The van der Waals surface area contributed by atoms with Gasteiger partial charge in [0.25, 0.3) is 0 Å². The third kappa shape index (κ3) is 24.1. The first-order chi connectivity index (χ1) is 38.0. The Kier molecular flexibility index (Phi) is 36.7. The molecule has 16 heteroatoms. The number of hydrogen-bond donors (Lipinski definition) is 2. The maximum absolute atomic E-state index is 12.1. The molecule has 0 radical (unpaired) electrons. The molecule has 8 rings (SSSR count). The minimum atomic E-state index is -0.936. The number of benzene rings is 4. The van der Waals surface area contributed by atoms with E-state index in [0.717, 1.165) is 76.3 Å². The summed E-state index contributed by atoms with van der Waals surface area (Å²) >= 11 is 6.19. The summed E-state index contributed by atoms with van der Waals surface area (Å²) in [6.45, 7) is 30.5. The SMILES string of the molecule is C.CC.CF.Cc1[c-]cc2cc(C(=O)CC(C)C(=O)O)sc2c1.Cc1cc2cc(C(=O)CC(C)C)sc2cc1C.Cc1cc2sc(C(=O)CC(C)C)cc2cc1CCCO.O=C=O.[CH2-]COc1cc2cc(C(=O)CCC)sc2cc1C.[W+2]. The van der Waals surface area contributed by atoms with Crippen LogP contribution in [0.1, 0.15) is 173 Å². The van der Waals surface area contributed by atoms with Crippen LogP contribution >= 0.6 is 45.3 Å². The summed E-state index contributed by atoms with van der Waals surface area (Å²) in [4.78, 5) is 78.2. The van der Waals surface area contributed by atoms with E-state index in [2.05, 4.69) is 91.8 Å². The van der Waals surface area contributed by atoms with Gasteiger partial charge >= 0.3 is 33.2 Å². The van der Waals surface area contributed by atoms with Crippen molar-refractivity contribution in [3.63, 3.8) is 0 Å². The van der Waals surface area contributed by atoms with Crippen LogP contribution in [0.5, 0.6) is 5.75 Å². The van der Waals surface area contributed by atoms with Crippen LogP contribution in [0.3, 0.4) is 0 Å². The number of rotatable bonds is 18. The fourth-order valence-electron chi connectivity index (χ4n) is 7.89. The average Bonchev–Trinajstić information content (AvgIpc) is 4.23. The molecule has 1 atom stereocenters. The summed E-state index contributed by atoms with van der Waals surface area (Å²) in [6.07, 6.45) is 4.74. The van der Waals surface area contributed by atoms with Gasteiger partial charge in [-0.15, -0.1) is 39.4 Å². The number of carbonyl (C=O) groups is 5. The zero-order valence-corrected chi connectivity index (χ0v) is 55.5. The van der Waals surface area contributed by atoms with Gasteiger partial charge in [0.15, 0.2) is 23.1 Å². The second-order valence-electron chi connectivity index (χ2n) is 19.7. The Hall–Kier alpha value is -5.37. The number of halogens is 1. The van der Waals surface area contributed by atoms with Crippen molar-refractivity contribution in [2.45, 2.75) is 142 Å². The number of ether oxygens (including phenoxy) is 1. The Morgan fingerprint density at radius 3 is 1.46 bits per heavy atom. The van der Waals surface area contributed by atoms with Gasteiger partial charge in [-0.05, 0) is 152 Å². The van der Waals surface area contributed by atoms with Crippen LogP contribution in [-0.2, 0) is 41.9 Å². The number of thiophene rings is 4. The Bertz CT molecular complexity index is 3300. The first-order valence-corrected chi connectivity index (χ1v) is 30.0. The number of aliphatic hydroxyl groups is 1. The molecule has 0 aliphatic heterocycles. The van der Waals surface area contributed by atoms with E-state index in [4.69, 9.17) is 24.5 Å². The number of alkyl halides is 1. The van der Waals surface area contributed by atoms with Gasteiger partial charge in [-0.25, -0.2) is 0 Å². The summed E-state index contributed by atoms with van der Waals surface area (Å²) in [5, 5.41) is 22.2. The Morgan fingerprint density at radius 2 is 1.01 bits per heavy atom. The standard InChI is InChI=1S/C17H22O2S.C15H17O2S.C15H18OS.C14H13O3S.C2H6.CH3F.CO2.CH4.W/c1-11(2)7-15(19)17-10-14-9-13(5-4-6-18)12(3)8-16(14)20-17;1-4-6-12(16)15-9-11-8-13(17-5-2)10(3)7-14(11)18-15;1-9(2)5-13(16)15-8-12-6-10(3)11(4)7-14(12)17-15;1-8-3-4-10-7-13(18-12(10)5-8)11(15)6-9(2)14(16)17;2*1-2;2-1-3;;/h8-11,18H,4-7H2,1-3H3;7-9H,2,4-6H2,1,3H3;6-9H,5H2,1-4H3;4-5,7,9H,6H2,1-2H3,(H,16,17);1-2H3;1H3;;1H4;/q;-1;;-1;;;;;+2. The maximum atomic E-state index is 12.1. The topological polar surface area (TPSA) is 169 Å². The van der Waals surface area contributed by atoms with Crippen molar-refractivity contribution in [3.05, 3.63) is 139 Å². The molecule has 2 N–H and O–H groups in total. The minimum absolute atomic E-state index is 0. The van der Waals surface area contributed by atoms with E-state index in [1.54, 1.807) is 40.9 Å². The molecule has 0 bridgehead atoms. The van der Waals surface area contributed by atoms with Gasteiger partial charge in [-0.3, -0.25) is 28.4 Å². The quantitative estimate of drug-likeness (QED) is 0.0623. The summed E-state index contributed by atoms with van der Waals surface area (Å²) in [6, 6.07) is 27.5. The molecule has 10 nitrogen and oxygen atoms in total. The van der Waals surface area contributed by atoms with E-state index >= 15 is 0 Å². The zero-order chi connectivity index (χ0) is 60.4. The molecule has 0 saturated heterocycles. The molecule has 444 valence electrons. The molecule has 0 fully saturated rings. The Labute approximate surface area is 516 Å². The summed E-state index contributed by atoms with van der Waals surface area (Å²) in [5.41, 5.74) is 7.22. The fourth-order valence-corrected chi connectivity index (χ4v) is 12.3. The van der Waals surface area contributed by atoms with E-state index in [9.17, 15) is 28.4 Å². The van der Waals surface area contributed by atoms with Crippen molar-refractivity contribution in [1.82, 2.24) is 0 Å². The molecule has 8 aromatic rings. The van der Waals surface area contributed by atoms with Gasteiger partial charge in [0.05, 0.1) is 32.6 Å². The van der Waals surface area contributed by atoms with Gasteiger partial charge in [0, 0.05) is 46.4 Å². The van der Waals surface area contributed by atoms with Crippen LogP contribution in [0, 0.1) is 65.4 Å². The van der Waals surface area contributed by atoms with Crippen LogP contribution < -0.4 is 4.74 Å². The normalized spacial score (nSPS) is 10.5. The predicted octanol–water partition coefficient (Wildman–Crippen LogP) is 18.5. The van der Waals surface area contributed by atoms with Crippen molar-refractivity contribution in [2.75, 3.05) is 20.4 Å². The van der Waals surface area contributed by atoms with Crippen LogP contribution in [0.2, 0.25) is 0 Å². The van der Waals surface area contributed by atoms with Crippen LogP contribution in [0.15, 0.2) is 72.8 Å². The molecule has 0 aliphatic carbocycles. The van der Waals surface area contributed by atoms with Crippen LogP contribution in [0.4, 0.5) is 4.39 Å². The molecule has 82 heavy (non-hydrogen) atoms. The van der Waals surface area contributed by atoms with E-state index in [1.165, 1.54) is 48.4 Å². The first-order valence-electron chi connectivity index (χ1n) is 26.8. The number of carboxylic acids is 1. The number of hydrogen-bond acceptors (Lipinski definition) is 13. The summed E-state index contributed by atoms with van der Waals surface area (Å²) in [7, 11) is 0.500. The Morgan fingerprint density at radius 1 is 0.610 bits per heavy atom. The van der Waals surface area contributed by atoms with Gasteiger partial charge in [0.2, 0.25) is 0 Å². The monoisotopic (exact) mass is 1370 g/mol. The van der Waals surface area contributed by atoms with E-state index in [0.29, 0.717) is 49.8 Å². The predicted molar refractivity (Wildman–Crippen MR) is 339 cm³/mol. The number of ketones is 4. The number of Topliss-reactive ketones (excluding diaryl/α,β-unsaturated/α-hetero) is 4. The molecule has 0 saturated carbocycles. The maximum Gasteiger partial charge on any atom is 2.00 e. The van der Waals surface area contributed by atoms with Crippen LogP contribution in [-0.4, -0.2) is 65.9 Å².